The van der Waals surface area contributed by atoms with E-state index in [1.807, 2.05) is 4.90 Å². The van der Waals surface area contributed by atoms with Crippen LogP contribution < -0.4 is 14.4 Å². The van der Waals surface area contributed by atoms with Gasteiger partial charge in [-0.05, 0) is 12.8 Å². The Hall–Kier alpha value is -2.05. The Kier molecular flexibility index (Phi) is 3.81. The number of amides is 1. The third-order valence-corrected chi connectivity index (χ3v) is 3.89. The molecule has 1 saturated heterocycles. The van der Waals surface area contributed by atoms with Gasteiger partial charge in [0.05, 0.1) is 20.3 Å². The lowest BCUT2D eigenvalue weighted by Crippen LogP contribution is -2.49. The molecule has 0 atom stereocenters. The minimum atomic E-state index is 0.282. The number of hydrogen-bond acceptors (Lipinski definition) is 6. The molecular weight excluding hydrogens is 272 g/mol. The summed E-state index contributed by atoms with van der Waals surface area (Å²) in [5.74, 6) is 2.13. The van der Waals surface area contributed by atoms with E-state index < -0.39 is 0 Å². The minimum absolute atomic E-state index is 0.282. The summed E-state index contributed by atoms with van der Waals surface area (Å²) < 4.78 is 10.3. The monoisotopic (exact) mass is 292 g/mol. The summed E-state index contributed by atoms with van der Waals surface area (Å²) in [6.45, 7) is 2.90. The van der Waals surface area contributed by atoms with Crippen LogP contribution in [0.1, 0.15) is 12.8 Å². The van der Waals surface area contributed by atoms with Crippen LogP contribution in [0.5, 0.6) is 11.8 Å². The van der Waals surface area contributed by atoms with Crippen LogP contribution in [0.2, 0.25) is 0 Å². The third-order valence-electron chi connectivity index (χ3n) is 3.89. The maximum atomic E-state index is 12.0. The second-order valence-electron chi connectivity index (χ2n) is 5.34. The maximum absolute atomic E-state index is 12.0. The molecule has 2 heterocycles. The number of anilines is 1. The third kappa shape index (κ3) is 3.01. The highest BCUT2D eigenvalue weighted by Gasteiger charge is 2.34. The minimum Gasteiger partial charge on any atom is -0.481 e. The Bertz CT molecular complexity index is 503. The number of rotatable bonds is 4. The second kappa shape index (κ2) is 5.75. The molecule has 0 spiro atoms. The van der Waals surface area contributed by atoms with Gasteiger partial charge >= 0.3 is 0 Å². The first-order chi connectivity index (χ1) is 10.2. The van der Waals surface area contributed by atoms with Crippen LogP contribution in [0.25, 0.3) is 0 Å². The van der Waals surface area contributed by atoms with E-state index in [0.29, 0.717) is 23.6 Å². The standard InChI is InChI=1S/C14H20N4O3/c1-20-11-9-12(21-2)16-14(15-11)18-7-5-17(6-8-18)13(19)10-3-4-10/h9-10H,3-8H2,1-2H3. The van der Waals surface area contributed by atoms with E-state index in [4.69, 9.17) is 9.47 Å². The van der Waals surface area contributed by atoms with Crippen LogP contribution in [0.4, 0.5) is 5.95 Å². The molecule has 1 aliphatic heterocycles. The maximum Gasteiger partial charge on any atom is 0.232 e. The van der Waals surface area contributed by atoms with Gasteiger partial charge in [0.15, 0.2) is 0 Å². The fourth-order valence-corrected chi connectivity index (χ4v) is 2.46. The first-order valence-electron chi connectivity index (χ1n) is 7.22. The molecule has 21 heavy (non-hydrogen) atoms. The van der Waals surface area contributed by atoms with E-state index in [0.717, 1.165) is 39.0 Å². The Morgan fingerprint density at radius 1 is 1.10 bits per heavy atom. The number of aromatic nitrogens is 2. The van der Waals surface area contributed by atoms with Gasteiger partial charge in [-0.3, -0.25) is 4.79 Å². The Balaban J connectivity index is 1.67. The number of carbonyl (C=O) groups excluding carboxylic acids is 1. The van der Waals surface area contributed by atoms with E-state index in [2.05, 4.69) is 14.9 Å². The summed E-state index contributed by atoms with van der Waals surface area (Å²) in [5.41, 5.74) is 0. The van der Waals surface area contributed by atoms with Gasteiger partial charge in [0.1, 0.15) is 0 Å². The first-order valence-corrected chi connectivity index (χ1v) is 7.22. The topological polar surface area (TPSA) is 67.8 Å². The van der Waals surface area contributed by atoms with Crippen molar-refractivity contribution >= 4 is 11.9 Å². The van der Waals surface area contributed by atoms with Crippen molar-refractivity contribution in [3.05, 3.63) is 6.07 Å². The zero-order chi connectivity index (χ0) is 14.8. The molecule has 1 aromatic rings. The van der Waals surface area contributed by atoms with Crippen molar-refractivity contribution in [3.8, 4) is 11.8 Å². The normalized spacial score (nSPS) is 18.6. The van der Waals surface area contributed by atoms with E-state index >= 15 is 0 Å². The molecule has 2 aliphatic rings. The van der Waals surface area contributed by atoms with Gasteiger partial charge in [-0.2, -0.15) is 9.97 Å². The van der Waals surface area contributed by atoms with Crippen molar-refractivity contribution < 1.29 is 14.3 Å². The molecule has 1 aromatic heterocycles. The highest BCUT2D eigenvalue weighted by atomic mass is 16.5. The van der Waals surface area contributed by atoms with E-state index in [-0.39, 0.29) is 5.92 Å². The van der Waals surface area contributed by atoms with Crippen LogP contribution in [0.3, 0.4) is 0 Å². The molecule has 2 fully saturated rings. The van der Waals surface area contributed by atoms with E-state index in [9.17, 15) is 4.79 Å². The molecule has 7 heteroatoms. The van der Waals surface area contributed by atoms with E-state index in [1.54, 1.807) is 20.3 Å². The van der Waals surface area contributed by atoms with Gasteiger partial charge in [-0.25, -0.2) is 0 Å². The highest BCUT2D eigenvalue weighted by molar-refractivity contribution is 5.81. The average Bonchev–Trinajstić information content (AvgIpc) is 3.38. The predicted molar refractivity (Wildman–Crippen MR) is 76.7 cm³/mol. The molecule has 0 bridgehead atoms. The average molecular weight is 292 g/mol. The van der Waals surface area contributed by atoms with Crippen LogP contribution in [0.15, 0.2) is 6.07 Å². The number of carbonyl (C=O) groups is 1. The number of nitrogens with zero attached hydrogens (tertiary/aromatic N) is 4. The molecule has 0 unspecified atom stereocenters. The van der Waals surface area contributed by atoms with E-state index in [1.165, 1.54) is 0 Å². The smallest absolute Gasteiger partial charge is 0.232 e. The molecule has 1 saturated carbocycles. The number of ether oxygens (including phenoxy) is 2. The molecule has 7 nitrogen and oxygen atoms in total. The molecule has 1 amide bonds. The summed E-state index contributed by atoms with van der Waals surface area (Å²) in [5, 5.41) is 0. The SMILES string of the molecule is COc1cc(OC)nc(N2CCN(C(=O)C3CC3)CC2)n1. The van der Waals surface area contributed by atoms with Crippen molar-refractivity contribution in [2.24, 2.45) is 5.92 Å². The van der Waals surface area contributed by atoms with Crippen molar-refractivity contribution in [2.45, 2.75) is 12.8 Å². The molecule has 0 aromatic carbocycles. The molecule has 114 valence electrons. The lowest BCUT2D eigenvalue weighted by Gasteiger charge is -2.35. The predicted octanol–water partition coefficient (Wildman–Crippen LogP) is 0.552. The zero-order valence-corrected chi connectivity index (χ0v) is 12.4. The van der Waals surface area contributed by atoms with Gasteiger partial charge < -0.3 is 19.3 Å². The summed E-state index contributed by atoms with van der Waals surface area (Å²) in [6.07, 6.45) is 2.10. The fourth-order valence-electron chi connectivity index (χ4n) is 2.46. The second-order valence-corrected chi connectivity index (χ2v) is 5.34. The Labute approximate surface area is 123 Å². The quantitative estimate of drug-likeness (QED) is 0.807. The molecule has 3 rings (SSSR count). The molecular formula is C14H20N4O3. The van der Waals surface area contributed by atoms with Crippen LogP contribution >= 0.6 is 0 Å². The zero-order valence-electron chi connectivity index (χ0n) is 12.4. The molecule has 0 radical (unpaired) electrons. The molecule has 1 aliphatic carbocycles. The van der Waals surface area contributed by atoms with Gasteiger partial charge in [-0.15, -0.1) is 0 Å². The van der Waals surface area contributed by atoms with Crippen molar-refractivity contribution in [1.29, 1.82) is 0 Å². The Morgan fingerprint density at radius 3 is 2.14 bits per heavy atom. The number of methoxy groups -OCH3 is 2. The van der Waals surface area contributed by atoms with Crippen molar-refractivity contribution in [2.75, 3.05) is 45.3 Å². The number of hydrogen-bond donors (Lipinski definition) is 0. The van der Waals surface area contributed by atoms with Gasteiger partial charge in [-0.1, -0.05) is 0 Å². The Morgan fingerprint density at radius 2 is 1.67 bits per heavy atom. The first kappa shape index (κ1) is 13.9. The summed E-state index contributed by atoms with van der Waals surface area (Å²) in [6, 6.07) is 1.65. The fraction of sp³-hybridized carbons (Fsp3) is 0.643. The van der Waals surface area contributed by atoms with Gasteiger partial charge in [0.25, 0.3) is 0 Å². The lowest BCUT2D eigenvalue weighted by molar-refractivity contribution is -0.132. The summed E-state index contributed by atoms with van der Waals surface area (Å²) in [7, 11) is 3.13. The lowest BCUT2D eigenvalue weighted by atomic mass is 10.2. The molecule has 0 N–H and O–H groups in total. The van der Waals surface area contributed by atoms with Crippen LogP contribution in [-0.4, -0.2) is 61.2 Å². The van der Waals surface area contributed by atoms with Gasteiger partial charge in [0.2, 0.25) is 23.6 Å². The number of piperazine rings is 1. The summed E-state index contributed by atoms with van der Waals surface area (Å²) >= 11 is 0. The van der Waals surface area contributed by atoms with Crippen LogP contribution in [-0.2, 0) is 4.79 Å². The largest absolute Gasteiger partial charge is 0.481 e. The van der Waals surface area contributed by atoms with Crippen molar-refractivity contribution in [3.63, 3.8) is 0 Å². The van der Waals surface area contributed by atoms with Crippen LogP contribution in [0, 0.1) is 5.92 Å². The highest BCUT2D eigenvalue weighted by Crippen LogP contribution is 2.31. The van der Waals surface area contributed by atoms with Gasteiger partial charge in [0, 0.05) is 32.1 Å². The van der Waals surface area contributed by atoms with Crippen molar-refractivity contribution in [1.82, 2.24) is 14.9 Å². The summed E-state index contributed by atoms with van der Waals surface area (Å²) in [4.78, 5) is 24.7.